The van der Waals surface area contributed by atoms with Gasteiger partial charge in [-0.2, -0.15) is 0 Å². The minimum absolute atomic E-state index is 0.0215. The predicted octanol–water partition coefficient (Wildman–Crippen LogP) is 3.25. The van der Waals surface area contributed by atoms with Crippen LogP contribution in [0.1, 0.15) is 17.3 Å². The second-order valence-electron chi connectivity index (χ2n) is 3.80. The number of benzene rings is 1. The highest BCUT2D eigenvalue weighted by Gasteiger charge is 2.17. The Morgan fingerprint density at radius 2 is 2.26 bits per heavy atom. The van der Waals surface area contributed by atoms with Crippen molar-refractivity contribution in [3.63, 3.8) is 0 Å². The second-order valence-corrected chi connectivity index (χ2v) is 4.21. The largest absolute Gasteiger partial charge is 0.462 e. The van der Waals surface area contributed by atoms with Crippen LogP contribution in [-0.2, 0) is 4.74 Å². The smallest absolute Gasteiger partial charge is 0.341 e. The van der Waals surface area contributed by atoms with Gasteiger partial charge in [-0.1, -0.05) is 11.6 Å². The van der Waals surface area contributed by atoms with Crippen LogP contribution in [0.5, 0.6) is 0 Å². The van der Waals surface area contributed by atoms with Gasteiger partial charge in [0.05, 0.1) is 22.8 Å². The molecule has 4 nitrogen and oxygen atoms in total. The minimum atomic E-state index is -0.549. The third-order valence-corrected chi connectivity index (χ3v) is 2.95. The fraction of sp³-hybridized carbons (Fsp3) is 0.231. The van der Waals surface area contributed by atoms with Gasteiger partial charge in [-0.05, 0) is 13.0 Å². The minimum Gasteiger partial charge on any atom is -0.462 e. The van der Waals surface area contributed by atoms with E-state index >= 15 is 0 Å². The summed E-state index contributed by atoms with van der Waals surface area (Å²) in [6.07, 6.45) is 1.36. The summed E-state index contributed by atoms with van der Waals surface area (Å²) in [4.78, 5) is 15.9. The molecular weight excluding hydrogens is 271 g/mol. The number of ether oxygens (including phenoxy) is 1. The molecule has 2 rings (SSSR count). The van der Waals surface area contributed by atoms with Gasteiger partial charge < -0.3 is 10.1 Å². The second kappa shape index (κ2) is 5.40. The molecule has 1 aromatic heterocycles. The number of pyridine rings is 1. The van der Waals surface area contributed by atoms with E-state index < -0.39 is 11.8 Å². The zero-order valence-corrected chi connectivity index (χ0v) is 11.2. The van der Waals surface area contributed by atoms with Gasteiger partial charge in [0.25, 0.3) is 0 Å². The Balaban J connectivity index is 2.68. The van der Waals surface area contributed by atoms with Crippen molar-refractivity contribution in [2.24, 2.45) is 0 Å². The number of esters is 1. The van der Waals surface area contributed by atoms with E-state index in [1.165, 1.54) is 18.3 Å². The van der Waals surface area contributed by atoms with Gasteiger partial charge in [0.2, 0.25) is 0 Å². The maximum absolute atomic E-state index is 13.4. The number of carbonyl (C=O) groups excluding carboxylic acids is 1. The predicted molar refractivity (Wildman–Crippen MR) is 72.2 cm³/mol. The van der Waals surface area contributed by atoms with Crippen LogP contribution in [-0.4, -0.2) is 24.6 Å². The molecule has 19 heavy (non-hydrogen) atoms. The number of rotatable bonds is 3. The van der Waals surface area contributed by atoms with Gasteiger partial charge in [0.15, 0.2) is 0 Å². The van der Waals surface area contributed by atoms with Crippen molar-refractivity contribution in [2.45, 2.75) is 6.92 Å². The lowest BCUT2D eigenvalue weighted by molar-refractivity contribution is 0.0527. The molecule has 1 aromatic carbocycles. The molecule has 0 radical (unpaired) electrons. The van der Waals surface area contributed by atoms with Crippen molar-refractivity contribution in [3.05, 3.63) is 34.7 Å². The Morgan fingerprint density at radius 3 is 2.89 bits per heavy atom. The van der Waals surface area contributed by atoms with E-state index in [4.69, 9.17) is 16.3 Å². The maximum Gasteiger partial charge on any atom is 0.341 e. The Labute approximate surface area is 114 Å². The summed E-state index contributed by atoms with van der Waals surface area (Å²) in [7, 11) is 1.66. The van der Waals surface area contributed by atoms with Gasteiger partial charge in [0, 0.05) is 24.7 Å². The molecule has 0 aliphatic rings. The number of nitrogens with one attached hydrogen (secondary N) is 1. The van der Waals surface area contributed by atoms with Crippen molar-refractivity contribution in [1.29, 1.82) is 0 Å². The molecule has 0 atom stereocenters. The maximum atomic E-state index is 13.4. The number of anilines is 1. The number of hydrogen-bond acceptors (Lipinski definition) is 4. The molecule has 0 unspecified atom stereocenters. The molecule has 1 heterocycles. The van der Waals surface area contributed by atoms with E-state index in [0.29, 0.717) is 22.2 Å². The number of nitrogens with zero attached hydrogens (tertiary/aromatic N) is 1. The summed E-state index contributed by atoms with van der Waals surface area (Å²) in [5.74, 6) is -1.03. The quantitative estimate of drug-likeness (QED) is 0.878. The molecule has 0 saturated heterocycles. The van der Waals surface area contributed by atoms with E-state index in [9.17, 15) is 9.18 Å². The molecule has 0 fully saturated rings. The number of aromatic nitrogens is 1. The van der Waals surface area contributed by atoms with Crippen LogP contribution in [0.15, 0.2) is 18.3 Å². The zero-order chi connectivity index (χ0) is 14.0. The van der Waals surface area contributed by atoms with Gasteiger partial charge in [-0.3, -0.25) is 4.98 Å². The summed E-state index contributed by atoms with van der Waals surface area (Å²) >= 11 is 5.76. The molecule has 6 heteroatoms. The molecule has 0 aliphatic carbocycles. The third kappa shape index (κ3) is 2.46. The van der Waals surface area contributed by atoms with Crippen molar-refractivity contribution in [1.82, 2.24) is 4.98 Å². The van der Waals surface area contributed by atoms with E-state index in [2.05, 4.69) is 10.3 Å². The highest BCUT2D eigenvalue weighted by Crippen LogP contribution is 2.30. The first kappa shape index (κ1) is 13.5. The fourth-order valence-corrected chi connectivity index (χ4v) is 1.98. The van der Waals surface area contributed by atoms with Crippen LogP contribution in [0.4, 0.5) is 10.1 Å². The standard InChI is InChI=1S/C13H12ClFN2O2/c1-3-19-13(18)8-6-17-11-5-10(15)9(14)4-7(11)12(8)16-2/h4-6H,3H2,1-2H3,(H,16,17). The van der Waals surface area contributed by atoms with E-state index in [1.54, 1.807) is 14.0 Å². The summed E-state index contributed by atoms with van der Waals surface area (Å²) in [6.45, 7) is 1.99. The average molecular weight is 283 g/mol. The Kier molecular flexibility index (Phi) is 3.85. The number of hydrogen-bond donors (Lipinski definition) is 1. The average Bonchev–Trinajstić information content (AvgIpc) is 2.39. The number of halogens is 2. The van der Waals surface area contributed by atoms with Crippen molar-refractivity contribution in [2.75, 3.05) is 19.0 Å². The lowest BCUT2D eigenvalue weighted by Gasteiger charge is -2.11. The Hall–Kier alpha value is -1.88. The van der Waals surface area contributed by atoms with Crippen LogP contribution >= 0.6 is 11.6 Å². The monoisotopic (exact) mass is 282 g/mol. The lowest BCUT2D eigenvalue weighted by atomic mass is 10.1. The zero-order valence-electron chi connectivity index (χ0n) is 10.5. The van der Waals surface area contributed by atoms with E-state index in [0.717, 1.165) is 0 Å². The van der Waals surface area contributed by atoms with E-state index in [-0.39, 0.29) is 11.6 Å². The normalized spacial score (nSPS) is 10.5. The first-order valence-electron chi connectivity index (χ1n) is 5.71. The molecule has 0 aliphatic heterocycles. The van der Waals surface area contributed by atoms with Crippen LogP contribution in [0.2, 0.25) is 5.02 Å². The molecule has 0 spiro atoms. The summed E-state index contributed by atoms with van der Waals surface area (Å²) in [5.41, 5.74) is 1.23. The molecule has 2 aromatic rings. The van der Waals surface area contributed by atoms with Gasteiger partial charge in [-0.25, -0.2) is 9.18 Å². The fourth-order valence-electron chi connectivity index (χ4n) is 1.82. The Morgan fingerprint density at radius 1 is 1.53 bits per heavy atom. The summed E-state index contributed by atoms with van der Waals surface area (Å²) in [6, 6.07) is 2.67. The van der Waals surface area contributed by atoms with Gasteiger partial charge >= 0.3 is 5.97 Å². The topological polar surface area (TPSA) is 51.2 Å². The highest BCUT2D eigenvalue weighted by atomic mass is 35.5. The van der Waals surface area contributed by atoms with E-state index in [1.807, 2.05) is 0 Å². The molecule has 100 valence electrons. The van der Waals surface area contributed by atoms with Crippen molar-refractivity contribution < 1.29 is 13.9 Å². The van der Waals surface area contributed by atoms with Crippen molar-refractivity contribution in [3.8, 4) is 0 Å². The molecule has 0 saturated carbocycles. The number of fused-ring (bicyclic) bond motifs is 1. The Bertz CT molecular complexity index is 646. The van der Waals surface area contributed by atoms with Crippen LogP contribution in [0.3, 0.4) is 0 Å². The van der Waals surface area contributed by atoms with Crippen LogP contribution in [0.25, 0.3) is 10.9 Å². The first-order valence-corrected chi connectivity index (χ1v) is 6.09. The van der Waals surface area contributed by atoms with Crippen molar-refractivity contribution >= 4 is 34.2 Å². The number of carbonyl (C=O) groups is 1. The van der Waals surface area contributed by atoms with Crippen LogP contribution < -0.4 is 5.32 Å². The molecule has 0 bridgehead atoms. The first-order chi connectivity index (χ1) is 9.08. The lowest BCUT2D eigenvalue weighted by Crippen LogP contribution is -2.09. The molecule has 0 amide bonds. The van der Waals surface area contributed by atoms with Crippen LogP contribution in [0, 0.1) is 5.82 Å². The summed E-state index contributed by atoms with van der Waals surface area (Å²) in [5, 5.41) is 3.45. The summed E-state index contributed by atoms with van der Waals surface area (Å²) < 4.78 is 18.3. The third-order valence-electron chi connectivity index (χ3n) is 2.66. The molecular formula is C13H12ClFN2O2. The van der Waals surface area contributed by atoms with Gasteiger partial charge in [-0.15, -0.1) is 0 Å². The van der Waals surface area contributed by atoms with Gasteiger partial charge in [0.1, 0.15) is 11.4 Å². The highest BCUT2D eigenvalue weighted by molar-refractivity contribution is 6.31. The molecule has 1 N–H and O–H groups in total. The SMILES string of the molecule is CCOC(=O)c1cnc2cc(F)c(Cl)cc2c1NC.